The van der Waals surface area contributed by atoms with Crippen LogP contribution in [0.15, 0.2) is 30.5 Å². The molecule has 0 amide bonds. The third-order valence-electron chi connectivity index (χ3n) is 2.56. The number of benzene rings is 1. The Morgan fingerprint density at radius 1 is 1.44 bits per heavy atom. The number of hydrogen-bond acceptors (Lipinski definition) is 2. The van der Waals surface area contributed by atoms with E-state index >= 15 is 0 Å². The summed E-state index contributed by atoms with van der Waals surface area (Å²) >= 11 is 0. The lowest BCUT2D eigenvalue weighted by Gasteiger charge is -2.14. The molecule has 84 valence electrons. The first-order valence-corrected chi connectivity index (χ1v) is 5.41. The molecule has 0 aliphatic rings. The van der Waals surface area contributed by atoms with Crippen molar-refractivity contribution in [2.75, 3.05) is 0 Å². The van der Waals surface area contributed by atoms with Gasteiger partial charge in [0.2, 0.25) is 0 Å². The second-order valence-electron chi connectivity index (χ2n) is 3.81. The Hall–Kier alpha value is -1.64. The largest absolute Gasteiger partial charge is 0.490 e. The Kier molecular flexibility index (Phi) is 3.04. The highest BCUT2D eigenvalue weighted by molar-refractivity contribution is 5.84. The van der Waals surface area contributed by atoms with E-state index in [1.165, 1.54) is 12.3 Å². The van der Waals surface area contributed by atoms with E-state index in [2.05, 4.69) is 11.9 Å². The van der Waals surface area contributed by atoms with Gasteiger partial charge in [0.1, 0.15) is 11.6 Å². The summed E-state index contributed by atoms with van der Waals surface area (Å²) < 4.78 is 18.8. The summed E-state index contributed by atoms with van der Waals surface area (Å²) in [6, 6.07) is 7.01. The Labute approximate surface area is 94.1 Å². The number of ether oxygens (including phenoxy) is 1. The van der Waals surface area contributed by atoms with Crippen molar-refractivity contribution in [1.29, 1.82) is 0 Å². The summed E-state index contributed by atoms with van der Waals surface area (Å²) in [6.45, 7) is 4.04. The van der Waals surface area contributed by atoms with E-state index in [9.17, 15) is 4.39 Å². The lowest BCUT2D eigenvalue weighted by atomic mass is 10.2. The van der Waals surface area contributed by atoms with E-state index in [1.807, 2.05) is 25.1 Å². The van der Waals surface area contributed by atoms with Crippen LogP contribution in [0.4, 0.5) is 4.39 Å². The molecule has 2 nitrogen and oxygen atoms in total. The van der Waals surface area contributed by atoms with Crippen LogP contribution in [0, 0.1) is 5.82 Å². The zero-order valence-corrected chi connectivity index (χ0v) is 9.40. The number of aromatic nitrogens is 1. The van der Waals surface area contributed by atoms with E-state index in [-0.39, 0.29) is 11.9 Å². The number of hydrogen-bond donors (Lipinski definition) is 0. The first kappa shape index (κ1) is 10.9. The molecule has 0 N–H and O–H groups in total. The summed E-state index contributed by atoms with van der Waals surface area (Å²) in [6.07, 6.45) is 2.25. The Morgan fingerprint density at radius 2 is 2.25 bits per heavy atom. The fourth-order valence-electron chi connectivity index (χ4n) is 1.50. The second kappa shape index (κ2) is 4.47. The van der Waals surface area contributed by atoms with E-state index in [0.717, 1.165) is 17.3 Å². The summed E-state index contributed by atoms with van der Waals surface area (Å²) in [5, 5.41) is 0.725. The molecule has 1 heterocycles. The fourth-order valence-corrected chi connectivity index (χ4v) is 1.50. The van der Waals surface area contributed by atoms with Gasteiger partial charge in [0.25, 0.3) is 0 Å². The van der Waals surface area contributed by atoms with Crippen LogP contribution in [0.5, 0.6) is 5.75 Å². The summed E-state index contributed by atoms with van der Waals surface area (Å²) in [5.74, 6) is 0.353. The van der Waals surface area contributed by atoms with Gasteiger partial charge in [-0.3, -0.25) is 4.98 Å². The standard InChI is InChI=1S/C13H14FNO/c1-3-9(2)16-13-6-4-5-12-11(13)7-10(14)8-15-12/h4-9H,3H2,1-2H3. The Balaban J connectivity index is 2.47. The maximum Gasteiger partial charge on any atom is 0.142 e. The van der Waals surface area contributed by atoms with Gasteiger partial charge in [0.15, 0.2) is 0 Å². The zero-order valence-electron chi connectivity index (χ0n) is 9.40. The van der Waals surface area contributed by atoms with Gasteiger partial charge in [0, 0.05) is 5.39 Å². The molecular weight excluding hydrogens is 205 g/mol. The third kappa shape index (κ3) is 2.13. The fraction of sp³-hybridized carbons (Fsp3) is 0.308. The van der Waals surface area contributed by atoms with Gasteiger partial charge in [-0.15, -0.1) is 0 Å². The van der Waals surface area contributed by atoms with Gasteiger partial charge in [-0.05, 0) is 31.5 Å². The molecule has 1 unspecified atom stereocenters. The average Bonchev–Trinajstić information content (AvgIpc) is 2.29. The SMILES string of the molecule is CCC(C)Oc1cccc2ncc(F)cc12. The van der Waals surface area contributed by atoms with Gasteiger partial charge >= 0.3 is 0 Å². The molecule has 2 rings (SSSR count). The first-order chi connectivity index (χ1) is 7.70. The van der Waals surface area contributed by atoms with Crippen molar-refractivity contribution in [3.8, 4) is 5.75 Å². The van der Waals surface area contributed by atoms with E-state index in [0.29, 0.717) is 5.75 Å². The summed E-state index contributed by atoms with van der Waals surface area (Å²) in [4.78, 5) is 4.02. The van der Waals surface area contributed by atoms with Crippen LogP contribution in [0.25, 0.3) is 10.9 Å². The molecule has 0 bridgehead atoms. The van der Waals surface area contributed by atoms with Crippen LogP contribution in [0.3, 0.4) is 0 Å². The van der Waals surface area contributed by atoms with Gasteiger partial charge < -0.3 is 4.74 Å². The van der Waals surface area contributed by atoms with Crippen LogP contribution in [0.2, 0.25) is 0 Å². The molecule has 0 aliphatic heterocycles. The molecule has 16 heavy (non-hydrogen) atoms. The minimum absolute atomic E-state index is 0.119. The smallest absolute Gasteiger partial charge is 0.142 e. The highest BCUT2D eigenvalue weighted by Gasteiger charge is 2.07. The van der Waals surface area contributed by atoms with E-state index < -0.39 is 0 Å². The molecule has 0 saturated heterocycles. The topological polar surface area (TPSA) is 22.1 Å². The molecule has 2 aromatic rings. The normalized spacial score (nSPS) is 12.7. The Bertz CT molecular complexity index is 498. The van der Waals surface area contributed by atoms with Crippen molar-refractivity contribution in [2.24, 2.45) is 0 Å². The number of fused-ring (bicyclic) bond motifs is 1. The van der Waals surface area contributed by atoms with Crippen molar-refractivity contribution in [3.05, 3.63) is 36.3 Å². The minimum Gasteiger partial charge on any atom is -0.490 e. The highest BCUT2D eigenvalue weighted by Crippen LogP contribution is 2.25. The van der Waals surface area contributed by atoms with Gasteiger partial charge in [0.05, 0.1) is 17.8 Å². The molecule has 0 saturated carbocycles. The van der Waals surface area contributed by atoms with Crippen molar-refractivity contribution >= 4 is 10.9 Å². The van der Waals surface area contributed by atoms with E-state index in [4.69, 9.17) is 4.74 Å². The third-order valence-corrected chi connectivity index (χ3v) is 2.56. The van der Waals surface area contributed by atoms with Crippen molar-refractivity contribution in [2.45, 2.75) is 26.4 Å². The number of halogens is 1. The van der Waals surface area contributed by atoms with Gasteiger partial charge in [-0.1, -0.05) is 13.0 Å². The molecular formula is C13H14FNO. The summed E-state index contributed by atoms with van der Waals surface area (Å²) in [5.41, 5.74) is 0.752. The predicted octanol–water partition coefficient (Wildman–Crippen LogP) is 3.55. The number of pyridine rings is 1. The maximum atomic E-state index is 13.1. The molecule has 1 atom stereocenters. The quantitative estimate of drug-likeness (QED) is 0.787. The molecule has 0 fully saturated rings. The second-order valence-corrected chi connectivity index (χ2v) is 3.81. The number of rotatable bonds is 3. The molecule has 0 radical (unpaired) electrons. The predicted molar refractivity (Wildman–Crippen MR) is 62.1 cm³/mol. The molecule has 1 aromatic heterocycles. The van der Waals surface area contributed by atoms with Crippen LogP contribution in [0.1, 0.15) is 20.3 Å². The summed E-state index contributed by atoms with van der Waals surface area (Å²) in [7, 11) is 0. The van der Waals surface area contributed by atoms with Crippen molar-refractivity contribution < 1.29 is 9.13 Å². The monoisotopic (exact) mass is 219 g/mol. The number of nitrogens with zero attached hydrogens (tertiary/aromatic N) is 1. The van der Waals surface area contributed by atoms with Gasteiger partial charge in [-0.25, -0.2) is 4.39 Å². The Morgan fingerprint density at radius 3 is 3.00 bits per heavy atom. The molecule has 0 spiro atoms. The highest BCUT2D eigenvalue weighted by atomic mass is 19.1. The lowest BCUT2D eigenvalue weighted by Crippen LogP contribution is -2.09. The van der Waals surface area contributed by atoms with Crippen LogP contribution in [-0.2, 0) is 0 Å². The van der Waals surface area contributed by atoms with Crippen LogP contribution >= 0.6 is 0 Å². The minimum atomic E-state index is -0.340. The molecule has 0 aliphatic carbocycles. The van der Waals surface area contributed by atoms with E-state index in [1.54, 1.807) is 0 Å². The molecule has 1 aromatic carbocycles. The van der Waals surface area contributed by atoms with Gasteiger partial charge in [-0.2, -0.15) is 0 Å². The van der Waals surface area contributed by atoms with Crippen LogP contribution in [-0.4, -0.2) is 11.1 Å². The van der Waals surface area contributed by atoms with Crippen molar-refractivity contribution in [1.82, 2.24) is 4.98 Å². The van der Waals surface area contributed by atoms with Crippen molar-refractivity contribution in [3.63, 3.8) is 0 Å². The zero-order chi connectivity index (χ0) is 11.5. The van der Waals surface area contributed by atoms with Crippen LogP contribution < -0.4 is 4.74 Å². The average molecular weight is 219 g/mol. The maximum absolute atomic E-state index is 13.1. The first-order valence-electron chi connectivity index (χ1n) is 5.41. The lowest BCUT2D eigenvalue weighted by molar-refractivity contribution is 0.220. The molecule has 3 heteroatoms.